The van der Waals surface area contributed by atoms with Crippen LogP contribution in [0.1, 0.15) is 30.6 Å². The van der Waals surface area contributed by atoms with Gasteiger partial charge in [0.15, 0.2) is 5.75 Å². The molecule has 0 aliphatic heterocycles. The molecule has 0 aromatic heterocycles. The molecule has 0 unspecified atom stereocenters. The van der Waals surface area contributed by atoms with Crippen LogP contribution in [0.4, 0.5) is 5.69 Å². The molecule has 1 aromatic carbocycles. The normalized spacial score (nSPS) is 11.0. The van der Waals surface area contributed by atoms with Crippen molar-refractivity contribution in [3.8, 4) is 5.75 Å². The van der Waals surface area contributed by atoms with Crippen LogP contribution in [0, 0.1) is 10.1 Å². The number of nitrogens with zero attached hydrogens (tertiary/aromatic N) is 1. The van der Waals surface area contributed by atoms with Crippen molar-refractivity contribution < 1.29 is 14.5 Å². The Balaban J connectivity index is 3.00. The van der Waals surface area contributed by atoms with Gasteiger partial charge in [0.05, 0.1) is 12.0 Å². The van der Waals surface area contributed by atoms with E-state index in [0.29, 0.717) is 0 Å². The van der Waals surface area contributed by atoms with E-state index < -0.39 is 10.5 Å². The summed E-state index contributed by atoms with van der Waals surface area (Å²) in [5, 5.41) is 14.5. The number of hydrogen-bond donors (Lipinski definition) is 1. The van der Waals surface area contributed by atoms with Crippen molar-refractivity contribution in [2.75, 3.05) is 12.4 Å². The maximum atomic E-state index is 12.1. The summed E-state index contributed by atoms with van der Waals surface area (Å²) < 4.78 is 4.90. The van der Waals surface area contributed by atoms with Gasteiger partial charge in [-0.25, -0.2) is 0 Å². The van der Waals surface area contributed by atoms with Crippen molar-refractivity contribution in [1.29, 1.82) is 0 Å². The van der Waals surface area contributed by atoms with Crippen molar-refractivity contribution in [3.05, 3.63) is 33.9 Å². The quantitative estimate of drug-likeness (QED) is 0.488. The second-order valence-electron chi connectivity index (χ2n) is 4.92. The van der Waals surface area contributed by atoms with Crippen molar-refractivity contribution in [3.63, 3.8) is 0 Å². The zero-order valence-corrected chi connectivity index (χ0v) is 13.2. The van der Waals surface area contributed by atoms with Gasteiger partial charge >= 0.3 is 5.69 Å². The Labute approximate surface area is 125 Å². The Morgan fingerprint density at radius 2 is 2.15 bits per heavy atom. The molecule has 1 rings (SSSR count). The largest absolute Gasteiger partial charge is 0.490 e. The van der Waals surface area contributed by atoms with Gasteiger partial charge in [0, 0.05) is 22.5 Å². The summed E-state index contributed by atoms with van der Waals surface area (Å²) in [6, 6.07) is 4.15. The lowest BCUT2D eigenvalue weighted by atomic mass is 10.0. The van der Waals surface area contributed by atoms with Gasteiger partial charge in [-0.1, -0.05) is 15.9 Å². The van der Waals surface area contributed by atoms with E-state index in [-0.39, 0.29) is 22.9 Å². The number of carbonyl (C=O) groups is 1. The van der Waals surface area contributed by atoms with Gasteiger partial charge in [0.25, 0.3) is 5.91 Å². The second-order valence-corrected chi connectivity index (χ2v) is 5.71. The van der Waals surface area contributed by atoms with E-state index in [1.165, 1.54) is 25.3 Å². The first kappa shape index (κ1) is 16.4. The number of nitro groups is 1. The molecule has 0 atom stereocenters. The molecule has 1 N–H and O–H groups in total. The van der Waals surface area contributed by atoms with E-state index in [9.17, 15) is 14.9 Å². The third-order valence-corrected chi connectivity index (χ3v) is 3.21. The lowest BCUT2D eigenvalue weighted by Crippen LogP contribution is -2.43. The van der Waals surface area contributed by atoms with Crippen molar-refractivity contribution >= 4 is 27.5 Å². The van der Waals surface area contributed by atoms with Gasteiger partial charge in [-0.2, -0.15) is 0 Å². The Morgan fingerprint density at radius 3 is 2.65 bits per heavy atom. The van der Waals surface area contributed by atoms with Crippen molar-refractivity contribution in [1.82, 2.24) is 5.32 Å². The predicted octanol–water partition coefficient (Wildman–Crippen LogP) is 2.90. The van der Waals surface area contributed by atoms with E-state index >= 15 is 0 Å². The standard InChI is InChI=1S/C13H17BrN2O4/c1-13(2,6-7-14)15-12(17)9-4-5-11(20-3)10(8-9)16(18)19/h4-5,8H,6-7H2,1-3H3,(H,15,17). The molecule has 6 nitrogen and oxygen atoms in total. The van der Waals surface area contributed by atoms with Crippen LogP contribution in [-0.2, 0) is 0 Å². The molecular formula is C13H17BrN2O4. The van der Waals surface area contributed by atoms with Crippen LogP contribution in [0.25, 0.3) is 0 Å². The summed E-state index contributed by atoms with van der Waals surface area (Å²) in [6.45, 7) is 3.79. The number of nitro benzene ring substituents is 1. The Morgan fingerprint density at radius 1 is 1.50 bits per heavy atom. The first-order valence-electron chi connectivity index (χ1n) is 6.01. The average Bonchev–Trinajstić information content (AvgIpc) is 2.37. The summed E-state index contributed by atoms with van der Waals surface area (Å²) in [5.41, 5.74) is -0.381. The average molecular weight is 345 g/mol. The molecule has 0 fully saturated rings. The minimum atomic E-state index is -0.570. The molecule has 0 bridgehead atoms. The maximum Gasteiger partial charge on any atom is 0.311 e. The molecule has 0 saturated heterocycles. The number of rotatable bonds is 6. The number of hydrogen-bond acceptors (Lipinski definition) is 4. The van der Waals surface area contributed by atoms with E-state index in [1.54, 1.807) is 0 Å². The van der Waals surface area contributed by atoms with Crippen LogP contribution >= 0.6 is 15.9 Å². The van der Waals surface area contributed by atoms with Crippen LogP contribution < -0.4 is 10.1 Å². The number of nitrogens with one attached hydrogen (secondary N) is 1. The van der Waals surface area contributed by atoms with E-state index in [2.05, 4.69) is 21.2 Å². The number of alkyl halides is 1. The van der Waals surface area contributed by atoms with Crippen LogP contribution in [0.5, 0.6) is 5.75 Å². The first-order valence-corrected chi connectivity index (χ1v) is 7.14. The summed E-state index contributed by atoms with van der Waals surface area (Å²) in [4.78, 5) is 22.5. The summed E-state index contributed by atoms with van der Waals surface area (Å²) in [5.74, 6) is -0.215. The topological polar surface area (TPSA) is 81.5 Å². The lowest BCUT2D eigenvalue weighted by Gasteiger charge is -2.25. The van der Waals surface area contributed by atoms with E-state index in [0.717, 1.165) is 11.8 Å². The fourth-order valence-corrected chi connectivity index (χ4v) is 2.64. The highest BCUT2D eigenvalue weighted by molar-refractivity contribution is 9.09. The number of carbonyl (C=O) groups excluding carboxylic acids is 1. The fourth-order valence-electron chi connectivity index (χ4n) is 1.65. The van der Waals surface area contributed by atoms with Crippen molar-refractivity contribution in [2.45, 2.75) is 25.8 Å². The first-order chi connectivity index (χ1) is 9.30. The van der Waals surface area contributed by atoms with Gasteiger partial charge < -0.3 is 10.1 Å². The van der Waals surface area contributed by atoms with Crippen LogP contribution in [0.2, 0.25) is 0 Å². The highest BCUT2D eigenvalue weighted by Crippen LogP contribution is 2.27. The van der Waals surface area contributed by atoms with Gasteiger partial charge in [0.2, 0.25) is 0 Å². The van der Waals surface area contributed by atoms with Crippen LogP contribution in [-0.4, -0.2) is 28.8 Å². The molecule has 20 heavy (non-hydrogen) atoms. The fraction of sp³-hybridized carbons (Fsp3) is 0.462. The molecule has 7 heteroatoms. The molecule has 0 heterocycles. The zero-order chi connectivity index (χ0) is 15.3. The predicted molar refractivity (Wildman–Crippen MR) is 79.6 cm³/mol. The molecule has 0 saturated carbocycles. The Hall–Kier alpha value is -1.63. The smallest absolute Gasteiger partial charge is 0.311 e. The third kappa shape index (κ3) is 4.19. The highest BCUT2D eigenvalue weighted by atomic mass is 79.9. The number of amides is 1. The molecule has 110 valence electrons. The van der Waals surface area contributed by atoms with Crippen molar-refractivity contribution in [2.24, 2.45) is 0 Å². The molecule has 1 aromatic rings. The summed E-state index contributed by atoms with van der Waals surface area (Å²) in [6.07, 6.45) is 0.747. The van der Waals surface area contributed by atoms with E-state index in [4.69, 9.17) is 4.74 Å². The van der Waals surface area contributed by atoms with Crippen LogP contribution in [0.15, 0.2) is 18.2 Å². The number of ether oxygens (including phenoxy) is 1. The van der Waals surface area contributed by atoms with E-state index in [1.807, 2.05) is 13.8 Å². The SMILES string of the molecule is COc1ccc(C(=O)NC(C)(C)CCBr)cc1[N+](=O)[O-]. The highest BCUT2D eigenvalue weighted by Gasteiger charge is 2.23. The molecule has 0 aliphatic carbocycles. The number of methoxy groups -OCH3 is 1. The minimum absolute atomic E-state index is 0.131. The molecule has 0 radical (unpaired) electrons. The minimum Gasteiger partial charge on any atom is -0.490 e. The summed E-state index contributed by atoms with van der Waals surface area (Å²) in [7, 11) is 1.35. The second kappa shape index (κ2) is 6.69. The Kier molecular flexibility index (Phi) is 5.50. The molecule has 0 spiro atoms. The monoisotopic (exact) mass is 344 g/mol. The Bertz CT molecular complexity index is 517. The maximum absolute atomic E-state index is 12.1. The van der Waals surface area contributed by atoms with Crippen LogP contribution in [0.3, 0.4) is 0 Å². The van der Waals surface area contributed by atoms with Gasteiger partial charge in [0.1, 0.15) is 0 Å². The van der Waals surface area contributed by atoms with Gasteiger partial charge in [-0.3, -0.25) is 14.9 Å². The third-order valence-electron chi connectivity index (χ3n) is 2.81. The molecular weight excluding hydrogens is 328 g/mol. The summed E-state index contributed by atoms with van der Waals surface area (Å²) >= 11 is 3.32. The number of halogens is 1. The number of benzene rings is 1. The molecule has 0 aliphatic rings. The lowest BCUT2D eigenvalue weighted by molar-refractivity contribution is -0.385. The van der Waals surface area contributed by atoms with Gasteiger partial charge in [-0.15, -0.1) is 0 Å². The molecule has 1 amide bonds. The van der Waals surface area contributed by atoms with Gasteiger partial charge in [-0.05, 0) is 32.4 Å². The zero-order valence-electron chi connectivity index (χ0n) is 11.6.